The van der Waals surface area contributed by atoms with Crippen molar-refractivity contribution in [1.29, 1.82) is 0 Å². The van der Waals surface area contributed by atoms with Gasteiger partial charge in [0.2, 0.25) is 0 Å². The zero-order valence-electron chi connectivity index (χ0n) is 15.6. The molecule has 0 bridgehead atoms. The normalized spacial score (nSPS) is 17.2. The monoisotopic (exact) mass is 382 g/mol. The molecule has 27 heavy (non-hydrogen) atoms. The molecule has 0 unspecified atom stereocenters. The standard InChI is InChI=1S/C19H22N6OS/c1-12-5-16-18(23(12)2)19(21-11-20-16)24-7-13(8-24)9-25-17(26)6-14-10-27-4-3-15(14)22-25/h5-6,11,13H,3-4,7-10H2,1-2H3. The molecule has 140 valence electrons. The number of nitrogens with zero attached hydrogens (tertiary/aromatic N) is 6. The second kappa shape index (κ2) is 6.37. The molecule has 3 aromatic rings. The maximum atomic E-state index is 12.4. The molecule has 0 N–H and O–H groups in total. The van der Waals surface area contributed by atoms with Crippen molar-refractivity contribution in [2.24, 2.45) is 13.0 Å². The van der Waals surface area contributed by atoms with Crippen LogP contribution in [-0.4, -0.2) is 43.2 Å². The van der Waals surface area contributed by atoms with E-state index in [9.17, 15) is 4.79 Å². The molecule has 0 spiro atoms. The Labute approximate surface area is 161 Å². The first kappa shape index (κ1) is 16.8. The van der Waals surface area contributed by atoms with Crippen molar-refractivity contribution in [3.05, 3.63) is 45.8 Å². The molecule has 1 saturated heterocycles. The molecule has 0 amide bonds. The van der Waals surface area contributed by atoms with Crippen LogP contribution in [0.4, 0.5) is 5.82 Å². The predicted octanol–water partition coefficient (Wildman–Crippen LogP) is 1.76. The van der Waals surface area contributed by atoms with Gasteiger partial charge in [0.25, 0.3) is 5.56 Å². The van der Waals surface area contributed by atoms with Crippen LogP contribution >= 0.6 is 11.8 Å². The minimum atomic E-state index is 0.0252. The van der Waals surface area contributed by atoms with Crippen molar-refractivity contribution in [3.8, 4) is 0 Å². The Morgan fingerprint density at radius 1 is 1.26 bits per heavy atom. The van der Waals surface area contributed by atoms with E-state index in [-0.39, 0.29) is 5.56 Å². The van der Waals surface area contributed by atoms with Gasteiger partial charge in [0.15, 0.2) is 5.82 Å². The predicted molar refractivity (Wildman–Crippen MR) is 107 cm³/mol. The summed E-state index contributed by atoms with van der Waals surface area (Å²) in [5, 5.41) is 4.64. The second-order valence-electron chi connectivity index (χ2n) is 7.49. The molecule has 2 aliphatic heterocycles. The SMILES string of the molecule is Cc1cc2ncnc(N3CC(Cn4nc5c(cc4=O)CSCC5)C3)c2n1C. The lowest BCUT2D eigenvalue weighted by Gasteiger charge is -2.40. The zero-order chi connectivity index (χ0) is 18.5. The van der Waals surface area contributed by atoms with Gasteiger partial charge in [0, 0.05) is 50.0 Å². The van der Waals surface area contributed by atoms with Crippen LogP contribution in [0, 0.1) is 12.8 Å². The Morgan fingerprint density at radius 3 is 2.96 bits per heavy atom. The number of aromatic nitrogens is 5. The molecule has 7 nitrogen and oxygen atoms in total. The lowest BCUT2D eigenvalue weighted by Crippen LogP contribution is -2.50. The Morgan fingerprint density at radius 2 is 2.11 bits per heavy atom. The molecular weight excluding hydrogens is 360 g/mol. The Kier molecular flexibility index (Phi) is 3.96. The fourth-order valence-electron chi connectivity index (χ4n) is 4.00. The van der Waals surface area contributed by atoms with E-state index < -0.39 is 0 Å². The van der Waals surface area contributed by atoms with Crippen molar-refractivity contribution < 1.29 is 0 Å². The molecular formula is C19H22N6OS. The average Bonchev–Trinajstić information content (AvgIpc) is 2.92. The summed E-state index contributed by atoms with van der Waals surface area (Å²) in [6.45, 7) is 4.53. The molecule has 0 saturated carbocycles. The number of thioether (sulfide) groups is 1. The number of rotatable bonds is 3. The quantitative estimate of drug-likeness (QED) is 0.688. The maximum Gasteiger partial charge on any atom is 0.267 e. The van der Waals surface area contributed by atoms with Gasteiger partial charge in [-0.3, -0.25) is 4.79 Å². The third-order valence-corrected chi connectivity index (χ3v) is 6.64. The van der Waals surface area contributed by atoms with Crippen molar-refractivity contribution in [3.63, 3.8) is 0 Å². The van der Waals surface area contributed by atoms with Gasteiger partial charge in [-0.05, 0) is 24.3 Å². The Hall–Kier alpha value is -2.35. The summed E-state index contributed by atoms with van der Waals surface area (Å²) < 4.78 is 3.81. The molecule has 1 fully saturated rings. The van der Waals surface area contributed by atoms with Crippen LogP contribution in [0.3, 0.4) is 0 Å². The third kappa shape index (κ3) is 2.82. The first-order valence-corrected chi connectivity index (χ1v) is 10.5. The number of fused-ring (bicyclic) bond motifs is 2. The first-order chi connectivity index (χ1) is 13.1. The lowest BCUT2D eigenvalue weighted by atomic mass is 10.00. The van der Waals surface area contributed by atoms with Crippen molar-refractivity contribution >= 4 is 28.6 Å². The summed E-state index contributed by atoms with van der Waals surface area (Å²) in [5.41, 5.74) is 5.47. The summed E-state index contributed by atoms with van der Waals surface area (Å²) in [6.07, 6.45) is 2.60. The summed E-state index contributed by atoms with van der Waals surface area (Å²) in [4.78, 5) is 23.6. The van der Waals surface area contributed by atoms with Crippen LogP contribution in [0.5, 0.6) is 0 Å². The van der Waals surface area contributed by atoms with Gasteiger partial charge in [-0.1, -0.05) is 0 Å². The number of hydrogen-bond acceptors (Lipinski definition) is 6. The fraction of sp³-hybridized carbons (Fsp3) is 0.474. The third-order valence-electron chi connectivity index (χ3n) is 5.63. The molecule has 0 aliphatic carbocycles. The van der Waals surface area contributed by atoms with E-state index in [1.54, 1.807) is 17.1 Å². The minimum absolute atomic E-state index is 0.0252. The zero-order valence-corrected chi connectivity index (χ0v) is 16.4. The minimum Gasteiger partial charge on any atom is -0.354 e. The van der Waals surface area contributed by atoms with E-state index in [0.29, 0.717) is 12.5 Å². The summed E-state index contributed by atoms with van der Waals surface area (Å²) >= 11 is 1.87. The highest BCUT2D eigenvalue weighted by Gasteiger charge is 2.31. The van der Waals surface area contributed by atoms with Crippen molar-refractivity contribution in [1.82, 2.24) is 24.3 Å². The topological polar surface area (TPSA) is 68.8 Å². The number of aryl methyl sites for hydroxylation is 3. The molecule has 0 aromatic carbocycles. The summed E-state index contributed by atoms with van der Waals surface area (Å²) in [7, 11) is 2.05. The lowest BCUT2D eigenvalue weighted by molar-refractivity contribution is 0.331. The fourth-order valence-corrected chi connectivity index (χ4v) is 4.95. The van der Waals surface area contributed by atoms with E-state index in [4.69, 9.17) is 0 Å². The van der Waals surface area contributed by atoms with Gasteiger partial charge in [-0.15, -0.1) is 0 Å². The molecule has 0 atom stereocenters. The molecule has 5 heterocycles. The molecule has 5 rings (SSSR count). The van der Waals surface area contributed by atoms with Gasteiger partial charge in [-0.2, -0.15) is 16.9 Å². The smallest absolute Gasteiger partial charge is 0.267 e. The van der Waals surface area contributed by atoms with Gasteiger partial charge >= 0.3 is 0 Å². The number of hydrogen-bond donors (Lipinski definition) is 0. The maximum absolute atomic E-state index is 12.4. The number of anilines is 1. The van der Waals surface area contributed by atoms with Crippen LogP contribution in [0.25, 0.3) is 11.0 Å². The summed E-state index contributed by atoms with van der Waals surface area (Å²) in [6, 6.07) is 3.87. The second-order valence-corrected chi connectivity index (χ2v) is 8.59. The highest BCUT2D eigenvalue weighted by Crippen LogP contribution is 2.30. The summed E-state index contributed by atoms with van der Waals surface area (Å²) in [5.74, 6) is 3.40. The van der Waals surface area contributed by atoms with Crippen molar-refractivity contribution in [2.75, 3.05) is 23.7 Å². The molecule has 3 aromatic heterocycles. The van der Waals surface area contributed by atoms with E-state index in [1.807, 2.05) is 11.8 Å². The van der Waals surface area contributed by atoms with Crippen LogP contribution in [0.2, 0.25) is 0 Å². The van der Waals surface area contributed by atoms with Crippen LogP contribution in [0.15, 0.2) is 23.3 Å². The van der Waals surface area contributed by atoms with Gasteiger partial charge in [0.1, 0.15) is 11.8 Å². The highest BCUT2D eigenvalue weighted by molar-refractivity contribution is 7.98. The van der Waals surface area contributed by atoms with Gasteiger partial charge in [0.05, 0.1) is 17.8 Å². The Balaban J connectivity index is 1.34. The van der Waals surface area contributed by atoms with Gasteiger partial charge < -0.3 is 9.47 Å². The largest absolute Gasteiger partial charge is 0.354 e. The van der Waals surface area contributed by atoms with E-state index in [0.717, 1.165) is 59.1 Å². The molecule has 0 radical (unpaired) electrons. The van der Waals surface area contributed by atoms with Crippen LogP contribution in [0.1, 0.15) is 17.0 Å². The van der Waals surface area contributed by atoms with Crippen molar-refractivity contribution in [2.45, 2.75) is 25.6 Å². The van der Waals surface area contributed by atoms with Crippen LogP contribution < -0.4 is 10.5 Å². The van der Waals surface area contributed by atoms with E-state index in [2.05, 4.69) is 44.6 Å². The Bertz CT molecular complexity index is 1080. The molecule has 8 heteroatoms. The highest BCUT2D eigenvalue weighted by atomic mass is 32.2. The van der Waals surface area contributed by atoms with E-state index in [1.165, 1.54) is 5.69 Å². The van der Waals surface area contributed by atoms with Crippen LogP contribution in [-0.2, 0) is 25.8 Å². The van der Waals surface area contributed by atoms with E-state index >= 15 is 0 Å². The van der Waals surface area contributed by atoms with Gasteiger partial charge in [-0.25, -0.2) is 14.6 Å². The molecule has 2 aliphatic rings. The average molecular weight is 382 g/mol. The first-order valence-electron chi connectivity index (χ1n) is 9.30.